The van der Waals surface area contributed by atoms with Gasteiger partial charge in [0, 0.05) is 18.8 Å². The van der Waals surface area contributed by atoms with Gasteiger partial charge in [-0.1, -0.05) is 25.5 Å². The van der Waals surface area contributed by atoms with Gasteiger partial charge in [0.25, 0.3) is 0 Å². The summed E-state index contributed by atoms with van der Waals surface area (Å²) < 4.78 is 60.3. The zero-order valence-corrected chi connectivity index (χ0v) is 18.4. The highest BCUT2D eigenvalue weighted by molar-refractivity contribution is 7.81. The van der Waals surface area contributed by atoms with Gasteiger partial charge in [0.05, 0.1) is 0 Å². The number of fused-ring (bicyclic) bond motifs is 5. The minimum absolute atomic E-state index is 0.0410. The van der Waals surface area contributed by atoms with Crippen LogP contribution < -0.4 is 0 Å². The SMILES string of the molecule is CC(=O)OC1CCC2(C)C(=CCC3C2CCC2(C)C(OS(=O)C(F)(F)F)=CCC32)C1. The number of rotatable bonds is 3. The van der Waals surface area contributed by atoms with Crippen LogP contribution in [0.2, 0.25) is 0 Å². The molecule has 0 aromatic rings. The first-order valence-electron chi connectivity index (χ1n) is 10.7. The minimum atomic E-state index is -4.87. The Bertz CT molecular complexity index is 820. The molecule has 7 atom stereocenters. The van der Waals surface area contributed by atoms with E-state index in [2.05, 4.69) is 13.0 Å². The molecule has 4 rings (SSSR count). The standard InChI is InChI=1S/C22H29F3O4S/c1-13(26)28-15-8-10-20(2)14(12-15)4-5-16-17-6-7-19(29-30(27)22(23,24)25)21(17,3)11-9-18(16)20/h4,7,15-18H,5-6,8-12H2,1-3H3. The maximum atomic E-state index is 12.8. The van der Waals surface area contributed by atoms with E-state index >= 15 is 0 Å². The third-order valence-corrected chi connectivity index (χ3v) is 8.96. The molecule has 2 fully saturated rings. The molecule has 0 heterocycles. The third-order valence-electron chi connectivity index (χ3n) is 8.26. The summed E-state index contributed by atoms with van der Waals surface area (Å²) in [6, 6.07) is 0. The van der Waals surface area contributed by atoms with Crippen LogP contribution in [0.25, 0.3) is 0 Å². The van der Waals surface area contributed by atoms with Crippen molar-refractivity contribution < 1.29 is 31.1 Å². The van der Waals surface area contributed by atoms with E-state index in [1.807, 2.05) is 6.92 Å². The maximum absolute atomic E-state index is 12.8. The average Bonchev–Trinajstić information content (AvgIpc) is 2.97. The molecule has 0 amide bonds. The molecule has 0 aliphatic heterocycles. The molecule has 4 aliphatic carbocycles. The number of esters is 1. The van der Waals surface area contributed by atoms with Crippen LogP contribution in [0.5, 0.6) is 0 Å². The van der Waals surface area contributed by atoms with Gasteiger partial charge in [-0.15, -0.1) is 0 Å². The molecule has 7 unspecified atom stereocenters. The lowest BCUT2D eigenvalue weighted by Gasteiger charge is -2.57. The van der Waals surface area contributed by atoms with Crippen LogP contribution in [0.15, 0.2) is 23.5 Å². The summed E-state index contributed by atoms with van der Waals surface area (Å²) in [4.78, 5) is 11.4. The fraction of sp³-hybridized carbons (Fsp3) is 0.773. The number of hydrogen-bond acceptors (Lipinski definition) is 4. The molecule has 8 heteroatoms. The summed E-state index contributed by atoms with van der Waals surface area (Å²) >= 11 is -3.32. The molecular formula is C22H29F3O4S. The lowest BCUT2D eigenvalue weighted by atomic mass is 9.48. The third kappa shape index (κ3) is 3.53. The van der Waals surface area contributed by atoms with E-state index in [9.17, 15) is 22.2 Å². The van der Waals surface area contributed by atoms with Crippen molar-refractivity contribution in [2.75, 3.05) is 0 Å². The van der Waals surface area contributed by atoms with Gasteiger partial charge in [0.2, 0.25) is 0 Å². The zero-order chi connectivity index (χ0) is 21.9. The van der Waals surface area contributed by atoms with Crippen LogP contribution in [-0.4, -0.2) is 21.8 Å². The van der Waals surface area contributed by atoms with Crippen molar-refractivity contribution in [1.82, 2.24) is 0 Å². The Morgan fingerprint density at radius 1 is 1.10 bits per heavy atom. The molecule has 4 nitrogen and oxygen atoms in total. The van der Waals surface area contributed by atoms with Crippen LogP contribution in [0.4, 0.5) is 13.2 Å². The topological polar surface area (TPSA) is 52.6 Å². The number of hydrogen-bond donors (Lipinski definition) is 0. The number of halogens is 3. The Hall–Kier alpha value is -1.31. The first-order chi connectivity index (χ1) is 13.9. The van der Waals surface area contributed by atoms with E-state index in [0.717, 1.165) is 38.5 Å². The fourth-order valence-corrected chi connectivity index (χ4v) is 7.26. The summed E-state index contributed by atoms with van der Waals surface area (Å²) in [7, 11) is 0. The van der Waals surface area contributed by atoms with E-state index in [1.165, 1.54) is 12.5 Å². The number of alkyl halides is 3. The van der Waals surface area contributed by atoms with Crippen molar-refractivity contribution in [2.45, 2.75) is 77.3 Å². The minimum Gasteiger partial charge on any atom is -0.462 e. The molecule has 168 valence electrons. The van der Waals surface area contributed by atoms with E-state index in [1.54, 1.807) is 6.08 Å². The molecule has 0 aromatic carbocycles. The van der Waals surface area contributed by atoms with Gasteiger partial charge in [-0.25, -0.2) is 4.21 Å². The Balaban J connectivity index is 1.53. The Morgan fingerprint density at radius 2 is 1.80 bits per heavy atom. The summed E-state index contributed by atoms with van der Waals surface area (Å²) in [5.41, 5.74) is -3.97. The van der Waals surface area contributed by atoms with Gasteiger partial charge >= 0.3 is 22.6 Å². The Kier molecular flexibility index (Phi) is 5.39. The first-order valence-corrected chi connectivity index (χ1v) is 11.8. The van der Waals surface area contributed by atoms with E-state index in [4.69, 9.17) is 8.92 Å². The average molecular weight is 447 g/mol. The van der Waals surface area contributed by atoms with Crippen LogP contribution in [0, 0.1) is 28.6 Å². The number of allylic oxidation sites excluding steroid dienone is 3. The highest BCUT2D eigenvalue weighted by Gasteiger charge is 2.58. The fourth-order valence-electron chi connectivity index (χ4n) is 6.75. The van der Waals surface area contributed by atoms with Gasteiger partial charge < -0.3 is 8.92 Å². The van der Waals surface area contributed by atoms with Crippen molar-refractivity contribution in [3.63, 3.8) is 0 Å². The first kappa shape index (κ1) is 21.9. The maximum Gasteiger partial charge on any atom is 0.508 e. The quantitative estimate of drug-likeness (QED) is 0.420. The molecule has 0 radical (unpaired) electrons. The van der Waals surface area contributed by atoms with Crippen molar-refractivity contribution in [1.29, 1.82) is 0 Å². The van der Waals surface area contributed by atoms with Gasteiger partial charge in [0.15, 0.2) is 0 Å². The molecule has 0 N–H and O–H groups in total. The molecule has 30 heavy (non-hydrogen) atoms. The molecule has 4 aliphatic rings. The lowest BCUT2D eigenvalue weighted by Crippen LogP contribution is -2.50. The number of carbonyl (C=O) groups is 1. The van der Waals surface area contributed by atoms with Crippen LogP contribution in [-0.2, 0) is 24.8 Å². The predicted molar refractivity (Wildman–Crippen MR) is 106 cm³/mol. The monoisotopic (exact) mass is 446 g/mol. The lowest BCUT2D eigenvalue weighted by molar-refractivity contribution is -0.148. The smallest absolute Gasteiger partial charge is 0.462 e. The second kappa shape index (κ2) is 7.38. The van der Waals surface area contributed by atoms with E-state index < -0.39 is 22.0 Å². The van der Waals surface area contributed by atoms with E-state index in [-0.39, 0.29) is 29.2 Å². The van der Waals surface area contributed by atoms with Crippen LogP contribution in [0.3, 0.4) is 0 Å². The second-order valence-electron chi connectivity index (χ2n) is 9.76. The Morgan fingerprint density at radius 3 is 2.47 bits per heavy atom. The second-order valence-corrected chi connectivity index (χ2v) is 10.9. The van der Waals surface area contributed by atoms with Gasteiger partial charge in [-0.05, 0) is 67.8 Å². The molecule has 0 spiro atoms. The van der Waals surface area contributed by atoms with Crippen molar-refractivity contribution in [2.24, 2.45) is 28.6 Å². The summed E-state index contributed by atoms with van der Waals surface area (Å²) in [5, 5.41) is 0. The van der Waals surface area contributed by atoms with Crippen LogP contribution >= 0.6 is 0 Å². The van der Waals surface area contributed by atoms with E-state index in [0.29, 0.717) is 18.3 Å². The summed E-state index contributed by atoms with van der Waals surface area (Å²) in [6.45, 7) is 5.72. The van der Waals surface area contributed by atoms with Gasteiger partial charge in [-0.3, -0.25) is 4.79 Å². The molecule has 0 bridgehead atoms. The van der Waals surface area contributed by atoms with Gasteiger partial charge in [-0.2, -0.15) is 13.2 Å². The molecular weight excluding hydrogens is 417 g/mol. The summed E-state index contributed by atoms with van der Waals surface area (Å²) in [6.07, 6.45) is 9.72. The van der Waals surface area contributed by atoms with Crippen molar-refractivity contribution in [3.8, 4) is 0 Å². The number of carbonyl (C=O) groups excluding carboxylic acids is 1. The summed E-state index contributed by atoms with van der Waals surface area (Å²) in [5.74, 6) is 1.01. The number of ether oxygens (including phenoxy) is 1. The highest BCUT2D eigenvalue weighted by atomic mass is 32.2. The highest BCUT2D eigenvalue weighted by Crippen LogP contribution is 2.65. The molecule has 0 saturated heterocycles. The molecule has 0 aromatic heterocycles. The largest absolute Gasteiger partial charge is 0.508 e. The zero-order valence-electron chi connectivity index (χ0n) is 17.6. The van der Waals surface area contributed by atoms with Crippen molar-refractivity contribution >= 4 is 17.0 Å². The van der Waals surface area contributed by atoms with Crippen LogP contribution in [0.1, 0.15) is 65.7 Å². The Labute approximate surface area is 177 Å². The molecule has 2 saturated carbocycles. The van der Waals surface area contributed by atoms with Gasteiger partial charge in [0.1, 0.15) is 11.9 Å². The van der Waals surface area contributed by atoms with Crippen molar-refractivity contribution in [3.05, 3.63) is 23.5 Å². The normalized spacial score (nSPS) is 41.5. The predicted octanol–water partition coefficient (Wildman–Crippen LogP) is 5.57.